The molecule has 0 radical (unpaired) electrons. The van der Waals surface area contributed by atoms with Crippen LogP contribution in [0.3, 0.4) is 0 Å². The quantitative estimate of drug-likeness (QED) is 0.549. The number of ether oxygens (including phenoxy) is 1. The first kappa shape index (κ1) is 13.2. The number of esters is 1. The first-order chi connectivity index (χ1) is 7.45. The first-order valence-corrected chi connectivity index (χ1v) is 6.10. The summed E-state index contributed by atoms with van der Waals surface area (Å²) >= 11 is 0. The van der Waals surface area contributed by atoms with Gasteiger partial charge in [-0.25, -0.2) is 0 Å². The van der Waals surface area contributed by atoms with Crippen LogP contribution in [0.1, 0.15) is 52.9 Å². The molecule has 1 rings (SSSR count). The summed E-state index contributed by atoms with van der Waals surface area (Å²) in [7, 11) is 0. The predicted octanol–water partition coefficient (Wildman–Crippen LogP) is 2.72. The van der Waals surface area contributed by atoms with Crippen molar-refractivity contribution in [3.05, 3.63) is 0 Å². The maximum Gasteiger partial charge on any atom is 0.311 e. The molecule has 0 aromatic heterocycles. The molecule has 0 unspecified atom stereocenters. The molecule has 92 valence electrons. The van der Waals surface area contributed by atoms with Crippen LogP contribution in [0.5, 0.6) is 0 Å². The van der Waals surface area contributed by atoms with Crippen molar-refractivity contribution < 1.29 is 14.3 Å². The minimum atomic E-state index is -0.455. The molecule has 2 atom stereocenters. The Kier molecular flexibility index (Phi) is 4.51. The highest BCUT2D eigenvalue weighted by Crippen LogP contribution is 2.30. The summed E-state index contributed by atoms with van der Waals surface area (Å²) in [5.74, 6) is 0.0767. The van der Waals surface area contributed by atoms with Gasteiger partial charge in [0.05, 0.1) is 5.41 Å². The topological polar surface area (TPSA) is 43.4 Å². The van der Waals surface area contributed by atoms with E-state index >= 15 is 0 Å². The molecule has 3 heteroatoms. The summed E-state index contributed by atoms with van der Waals surface area (Å²) in [6, 6.07) is 0. The second-order valence-electron chi connectivity index (χ2n) is 5.64. The number of carbonyl (C=O) groups excluding carboxylic acids is 2. The molecule has 1 saturated carbocycles. The summed E-state index contributed by atoms with van der Waals surface area (Å²) in [6.45, 7) is 5.56. The lowest BCUT2D eigenvalue weighted by Gasteiger charge is -2.32. The Labute approximate surface area is 97.5 Å². The number of rotatable bonds is 3. The van der Waals surface area contributed by atoms with E-state index in [1.165, 1.54) is 0 Å². The smallest absolute Gasteiger partial charge is 0.311 e. The van der Waals surface area contributed by atoms with Gasteiger partial charge < -0.3 is 9.53 Å². The minimum Gasteiger partial charge on any atom is -0.462 e. The second-order valence-corrected chi connectivity index (χ2v) is 5.64. The minimum absolute atomic E-state index is 0.0503. The SMILES string of the molecule is CC(C)(C)C(=O)O[C@@H]1CCCC[C@@H]1CC=O. The number of carbonyl (C=O) groups is 2. The Morgan fingerprint density at radius 1 is 1.31 bits per heavy atom. The van der Waals surface area contributed by atoms with E-state index in [0.29, 0.717) is 6.42 Å². The third kappa shape index (κ3) is 3.62. The summed E-state index contributed by atoms with van der Waals surface area (Å²) < 4.78 is 5.52. The fourth-order valence-corrected chi connectivity index (χ4v) is 2.04. The van der Waals surface area contributed by atoms with Crippen molar-refractivity contribution in [3.8, 4) is 0 Å². The third-order valence-corrected chi connectivity index (χ3v) is 3.11. The van der Waals surface area contributed by atoms with E-state index in [4.69, 9.17) is 4.74 Å². The molecule has 3 nitrogen and oxygen atoms in total. The molecule has 0 spiro atoms. The first-order valence-electron chi connectivity index (χ1n) is 6.10. The van der Waals surface area contributed by atoms with Gasteiger partial charge in [0.1, 0.15) is 12.4 Å². The van der Waals surface area contributed by atoms with Crippen molar-refractivity contribution in [1.29, 1.82) is 0 Å². The zero-order valence-corrected chi connectivity index (χ0v) is 10.5. The van der Waals surface area contributed by atoms with E-state index in [1.807, 2.05) is 20.8 Å². The molecule has 16 heavy (non-hydrogen) atoms. The molecule has 0 bridgehead atoms. The van der Waals surface area contributed by atoms with Crippen LogP contribution in [0.2, 0.25) is 0 Å². The van der Waals surface area contributed by atoms with Crippen LogP contribution in [-0.2, 0) is 14.3 Å². The van der Waals surface area contributed by atoms with Gasteiger partial charge in [-0.05, 0) is 40.0 Å². The van der Waals surface area contributed by atoms with Crippen LogP contribution < -0.4 is 0 Å². The van der Waals surface area contributed by atoms with Crippen molar-refractivity contribution in [2.45, 2.75) is 59.0 Å². The van der Waals surface area contributed by atoms with Crippen molar-refractivity contribution in [2.75, 3.05) is 0 Å². The van der Waals surface area contributed by atoms with E-state index in [0.717, 1.165) is 32.0 Å². The van der Waals surface area contributed by atoms with Crippen molar-refractivity contribution in [2.24, 2.45) is 11.3 Å². The van der Waals surface area contributed by atoms with Gasteiger partial charge in [0, 0.05) is 12.3 Å². The van der Waals surface area contributed by atoms with E-state index in [9.17, 15) is 9.59 Å². The van der Waals surface area contributed by atoms with Gasteiger partial charge in [-0.15, -0.1) is 0 Å². The van der Waals surface area contributed by atoms with E-state index in [2.05, 4.69) is 0 Å². The molecule has 0 saturated heterocycles. The van der Waals surface area contributed by atoms with Crippen molar-refractivity contribution in [1.82, 2.24) is 0 Å². The molecular weight excluding hydrogens is 204 g/mol. The molecule has 0 heterocycles. The van der Waals surface area contributed by atoms with Crippen LogP contribution in [0.4, 0.5) is 0 Å². The largest absolute Gasteiger partial charge is 0.462 e. The molecule has 1 aliphatic rings. The van der Waals surface area contributed by atoms with Crippen molar-refractivity contribution in [3.63, 3.8) is 0 Å². The van der Waals surface area contributed by atoms with Gasteiger partial charge in [0.15, 0.2) is 0 Å². The molecule has 0 aromatic rings. The molecule has 0 aromatic carbocycles. The lowest BCUT2D eigenvalue weighted by Crippen LogP contribution is -2.34. The Morgan fingerprint density at radius 2 is 1.94 bits per heavy atom. The fourth-order valence-electron chi connectivity index (χ4n) is 2.04. The fraction of sp³-hybridized carbons (Fsp3) is 0.846. The molecule has 0 N–H and O–H groups in total. The van der Waals surface area contributed by atoms with E-state index < -0.39 is 5.41 Å². The van der Waals surface area contributed by atoms with Crippen LogP contribution in [0, 0.1) is 11.3 Å². The highest BCUT2D eigenvalue weighted by molar-refractivity contribution is 5.75. The average molecular weight is 226 g/mol. The van der Waals surface area contributed by atoms with Gasteiger partial charge in [0.2, 0.25) is 0 Å². The summed E-state index contributed by atoms with van der Waals surface area (Å²) in [6.07, 6.45) is 5.54. The number of hydrogen-bond donors (Lipinski definition) is 0. The van der Waals surface area contributed by atoms with E-state index in [1.54, 1.807) is 0 Å². The van der Waals surface area contributed by atoms with Crippen LogP contribution in [0.15, 0.2) is 0 Å². The van der Waals surface area contributed by atoms with Gasteiger partial charge in [-0.1, -0.05) is 6.42 Å². The molecule has 1 fully saturated rings. The third-order valence-electron chi connectivity index (χ3n) is 3.11. The summed E-state index contributed by atoms with van der Waals surface area (Å²) in [4.78, 5) is 22.3. The van der Waals surface area contributed by atoms with Gasteiger partial charge in [-0.3, -0.25) is 4.79 Å². The lowest BCUT2D eigenvalue weighted by molar-refractivity contribution is -0.163. The maximum atomic E-state index is 11.8. The monoisotopic (exact) mass is 226 g/mol. The Hall–Kier alpha value is -0.860. The zero-order chi connectivity index (χ0) is 12.2. The van der Waals surface area contributed by atoms with Crippen molar-refractivity contribution >= 4 is 12.3 Å². The molecule has 1 aliphatic carbocycles. The highest BCUT2D eigenvalue weighted by Gasteiger charge is 2.31. The van der Waals surface area contributed by atoms with E-state index in [-0.39, 0.29) is 18.0 Å². The van der Waals surface area contributed by atoms with Gasteiger partial charge in [0.25, 0.3) is 0 Å². The Bertz CT molecular complexity index is 252. The average Bonchev–Trinajstić information content (AvgIpc) is 2.20. The van der Waals surface area contributed by atoms with Gasteiger partial charge >= 0.3 is 5.97 Å². The lowest BCUT2D eigenvalue weighted by atomic mass is 9.84. The van der Waals surface area contributed by atoms with Crippen LogP contribution in [0.25, 0.3) is 0 Å². The molecule has 0 aliphatic heterocycles. The Morgan fingerprint density at radius 3 is 2.50 bits per heavy atom. The zero-order valence-electron chi connectivity index (χ0n) is 10.5. The highest BCUT2D eigenvalue weighted by atomic mass is 16.5. The molecular formula is C13H22O3. The number of aldehydes is 1. The Balaban J connectivity index is 2.55. The normalized spacial score (nSPS) is 26.2. The summed E-state index contributed by atoms with van der Waals surface area (Å²) in [5.41, 5.74) is -0.455. The number of hydrogen-bond acceptors (Lipinski definition) is 3. The van der Waals surface area contributed by atoms with Gasteiger partial charge in [-0.2, -0.15) is 0 Å². The maximum absolute atomic E-state index is 11.8. The van der Waals surface area contributed by atoms with Crippen LogP contribution in [-0.4, -0.2) is 18.4 Å². The predicted molar refractivity (Wildman–Crippen MR) is 62.0 cm³/mol. The standard InChI is InChI=1S/C13H22O3/c1-13(2,3)12(15)16-11-7-5-4-6-10(11)8-9-14/h9-11H,4-8H2,1-3H3/t10-,11-/m1/s1. The molecule has 0 amide bonds. The second kappa shape index (κ2) is 5.46. The van der Waals surface area contributed by atoms with Crippen LogP contribution >= 0.6 is 0 Å². The summed E-state index contributed by atoms with van der Waals surface area (Å²) in [5, 5.41) is 0.